The lowest BCUT2D eigenvalue weighted by Gasteiger charge is -2.16. The molecule has 0 aliphatic carbocycles. The van der Waals surface area contributed by atoms with Gasteiger partial charge in [-0.1, -0.05) is 0 Å². The summed E-state index contributed by atoms with van der Waals surface area (Å²) in [6.45, 7) is 2.84. The molecule has 0 radical (unpaired) electrons. The molecule has 2 aromatic heterocycles. The lowest BCUT2D eigenvalue weighted by atomic mass is 10.2. The van der Waals surface area contributed by atoms with Crippen molar-refractivity contribution < 1.29 is 4.74 Å². The number of ether oxygens (including phenoxy) is 1. The van der Waals surface area contributed by atoms with E-state index in [0.717, 1.165) is 24.5 Å². The molecule has 1 N–H and O–H groups in total. The number of rotatable bonds is 6. The quantitative estimate of drug-likeness (QED) is 0.838. The number of aromatic nitrogens is 4. The van der Waals surface area contributed by atoms with E-state index in [-0.39, 0.29) is 0 Å². The predicted octanol–water partition coefficient (Wildman–Crippen LogP) is 1.50. The first-order valence-corrected chi connectivity index (χ1v) is 5.86. The molecule has 2 aromatic rings. The molecule has 6 heteroatoms. The number of hydrogen-bond donors (Lipinski definition) is 1. The third-order valence-electron chi connectivity index (χ3n) is 2.58. The third-order valence-corrected chi connectivity index (χ3v) is 2.58. The van der Waals surface area contributed by atoms with Gasteiger partial charge in [-0.05, 0) is 25.5 Å². The fourth-order valence-electron chi connectivity index (χ4n) is 1.64. The first-order valence-electron chi connectivity index (χ1n) is 5.86. The number of pyridine rings is 1. The second kappa shape index (κ2) is 6.11. The van der Waals surface area contributed by atoms with E-state index >= 15 is 0 Å². The van der Waals surface area contributed by atoms with Gasteiger partial charge in [-0.2, -0.15) is 5.10 Å². The Kier molecular flexibility index (Phi) is 4.25. The van der Waals surface area contributed by atoms with Crippen molar-refractivity contribution in [3.63, 3.8) is 0 Å². The van der Waals surface area contributed by atoms with E-state index in [1.165, 1.54) is 6.33 Å². The molecular weight excluding hydrogens is 230 g/mol. The Balaban J connectivity index is 2.13. The summed E-state index contributed by atoms with van der Waals surface area (Å²) in [6, 6.07) is 4.18. The molecule has 6 nitrogen and oxygen atoms in total. The van der Waals surface area contributed by atoms with Gasteiger partial charge in [0.1, 0.15) is 12.7 Å². The van der Waals surface area contributed by atoms with Gasteiger partial charge in [-0.3, -0.25) is 0 Å². The first kappa shape index (κ1) is 12.5. The van der Waals surface area contributed by atoms with Crippen molar-refractivity contribution in [2.24, 2.45) is 0 Å². The van der Waals surface area contributed by atoms with Crippen LogP contribution in [0.1, 0.15) is 13.3 Å². The Labute approximate surface area is 106 Å². The normalized spacial score (nSPS) is 12.3. The summed E-state index contributed by atoms with van der Waals surface area (Å²) in [5, 5.41) is 7.50. The number of anilines is 1. The second-order valence-corrected chi connectivity index (χ2v) is 4.04. The van der Waals surface area contributed by atoms with Crippen LogP contribution in [0, 0.1) is 0 Å². The van der Waals surface area contributed by atoms with Crippen LogP contribution in [0.25, 0.3) is 5.82 Å². The molecular formula is C12H17N5O. The van der Waals surface area contributed by atoms with Gasteiger partial charge in [-0.25, -0.2) is 14.6 Å². The average molecular weight is 247 g/mol. The molecule has 0 spiro atoms. The van der Waals surface area contributed by atoms with E-state index in [9.17, 15) is 0 Å². The van der Waals surface area contributed by atoms with E-state index in [1.807, 2.05) is 12.1 Å². The Hall–Kier alpha value is -1.95. The average Bonchev–Trinajstić information content (AvgIpc) is 2.91. The highest BCUT2D eigenvalue weighted by atomic mass is 16.5. The summed E-state index contributed by atoms with van der Waals surface area (Å²) in [5.41, 5.74) is 0.937. The van der Waals surface area contributed by atoms with Gasteiger partial charge in [-0.15, -0.1) is 0 Å². The summed E-state index contributed by atoms with van der Waals surface area (Å²) >= 11 is 0. The van der Waals surface area contributed by atoms with Crippen molar-refractivity contribution in [2.75, 3.05) is 19.0 Å². The van der Waals surface area contributed by atoms with Gasteiger partial charge < -0.3 is 10.1 Å². The van der Waals surface area contributed by atoms with Gasteiger partial charge in [0.15, 0.2) is 5.82 Å². The molecule has 96 valence electrons. The van der Waals surface area contributed by atoms with Crippen LogP contribution in [0.15, 0.2) is 31.0 Å². The molecule has 2 rings (SSSR count). The van der Waals surface area contributed by atoms with E-state index in [1.54, 1.807) is 24.3 Å². The third kappa shape index (κ3) is 3.04. The molecule has 0 saturated heterocycles. The van der Waals surface area contributed by atoms with Crippen LogP contribution in [-0.4, -0.2) is 39.5 Å². The Bertz CT molecular complexity index is 471. The number of methoxy groups -OCH3 is 1. The standard InChI is InChI=1S/C12H17N5O/c1-10(5-7-18-2)16-11-4-3-6-14-12(11)17-9-13-8-15-17/h3-4,6,8-10,16H,5,7H2,1-2H3. The molecule has 1 unspecified atom stereocenters. The second-order valence-electron chi connectivity index (χ2n) is 4.04. The van der Waals surface area contributed by atoms with E-state index in [2.05, 4.69) is 27.3 Å². The summed E-state index contributed by atoms with van der Waals surface area (Å²) in [4.78, 5) is 8.25. The maximum Gasteiger partial charge on any atom is 0.178 e. The van der Waals surface area contributed by atoms with Gasteiger partial charge in [0, 0.05) is 26.0 Å². The SMILES string of the molecule is COCCC(C)Nc1cccnc1-n1cncn1. The largest absolute Gasteiger partial charge is 0.385 e. The molecule has 18 heavy (non-hydrogen) atoms. The fraction of sp³-hybridized carbons (Fsp3) is 0.417. The summed E-state index contributed by atoms with van der Waals surface area (Å²) in [5.74, 6) is 0.749. The zero-order valence-electron chi connectivity index (χ0n) is 10.6. The van der Waals surface area contributed by atoms with Crippen LogP contribution >= 0.6 is 0 Å². The van der Waals surface area contributed by atoms with Crippen LogP contribution < -0.4 is 5.32 Å². The van der Waals surface area contributed by atoms with E-state index in [4.69, 9.17) is 4.74 Å². The maximum absolute atomic E-state index is 5.07. The molecule has 0 aliphatic heterocycles. The van der Waals surface area contributed by atoms with Crippen molar-refractivity contribution in [3.8, 4) is 5.82 Å². The molecule has 0 aliphatic rings. The highest BCUT2D eigenvalue weighted by Gasteiger charge is 2.09. The minimum absolute atomic E-state index is 0.302. The molecule has 0 fully saturated rings. The van der Waals surface area contributed by atoms with Crippen LogP contribution in [0.4, 0.5) is 5.69 Å². The minimum atomic E-state index is 0.302. The molecule has 2 heterocycles. The van der Waals surface area contributed by atoms with Gasteiger partial charge in [0.25, 0.3) is 0 Å². The summed E-state index contributed by atoms with van der Waals surface area (Å²) in [6.07, 6.45) is 5.80. The van der Waals surface area contributed by atoms with Crippen molar-refractivity contribution in [2.45, 2.75) is 19.4 Å². The van der Waals surface area contributed by atoms with E-state index < -0.39 is 0 Å². The highest BCUT2D eigenvalue weighted by Crippen LogP contribution is 2.17. The molecule has 0 aromatic carbocycles. The van der Waals surface area contributed by atoms with Gasteiger partial charge in [0.2, 0.25) is 0 Å². The fourth-order valence-corrected chi connectivity index (χ4v) is 1.64. The minimum Gasteiger partial charge on any atom is -0.385 e. The zero-order valence-corrected chi connectivity index (χ0v) is 10.6. The lowest BCUT2D eigenvalue weighted by Crippen LogP contribution is -2.19. The zero-order chi connectivity index (χ0) is 12.8. The van der Waals surface area contributed by atoms with Crippen LogP contribution in [-0.2, 0) is 4.74 Å². The molecule has 0 saturated carbocycles. The maximum atomic E-state index is 5.07. The Morgan fingerprint density at radius 2 is 2.39 bits per heavy atom. The lowest BCUT2D eigenvalue weighted by molar-refractivity contribution is 0.191. The number of nitrogens with zero attached hydrogens (tertiary/aromatic N) is 4. The molecule has 0 amide bonds. The van der Waals surface area contributed by atoms with Crippen molar-refractivity contribution in [3.05, 3.63) is 31.0 Å². The Morgan fingerprint density at radius 1 is 1.50 bits per heavy atom. The summed E-state index contributed by atoms with van der Waals surface area (Å²) in [7, 11) is 1.71. The monoisotopic (exact) mass is 247 g/mol. The number of nitrogens with one attached hydrogen (secondary N) is 1. The van der Waals surface area contributed by atoms with Crippen LogP contribution in [0.3, 0.4) is 0 Å². The van der Waals surface area contributed by atoms with Gasteiger partial charge >= 0.3 is 0 Å². The number of hydrogen-bond acceptors (Lipinski definition) is 5. The van der Waals surface area contributed by atoms with Gasteiger partial charge in [0.05, 0.1) is 5.69 Å². The van der Waals surface area contributed by atoms with Crippen molar-refractivity contribution in [1.29, 1.82) is 0 Å². The molecule has 1 atom stereocenters. The molecule has 0 bridgehead atoms. The smallest absolute Gasteiger partial charge is 0.178 e. The highest BCUT2D eigenvalue weighted by molar-refractivity contribution is 5.56. The van der Waals surface area contributed by atoms with Crippen LogP contribution in [0.2, 0.25) is 0 Å². The Morgan fingerprint density at radius 3 is 3.11 bits per heavy atom. The van der Waals surface area contributed by atoms with E-state index in [0.29, 0.717) is 6.04 Å². The topological polar surface area (TPSA) is 64.9 Å². The van der Waals surface area contributed by atoms with Crippen LogP contribution in [0.5, 0.6) is 0 Å². The summed E-state index contributed by atoms with van der Waals surface area (Å²) < 4.78 is 6.71. The predicted molar refractivity (Wildman–Crippen MR) is 68.7 cm³/mol. The van der Waals surface area contributed by atoms with Crippen molar-refractivity contribution in [1.82, 2.24) is 19.7 Å². The first-order chi connectivity index (χ1) is 8.81. The van der Waals surface area contributed by atoms with Crippen molar-refractivity contribution >= 4 is 5.69 Å².